The van der Waals surface area contributed by atoms with Gasteiger partial charge in [0.25, 0.3) is 5.91 Å². The van der Waals surface area contributed by atoms with Crippen LogP contribution in [0.4, 0.5) is 23.7 Å². The highest BCUT2D eigenvalue weighted by molar-refractivity contribution is 6.01. The smallest absolute Gasteiger partial charge is 0.410 e. The molecule has 0 spiro atoms. The Hall–Kier alpha value is -3.76. The fourth-order valence-corrected chi connectivity index (χ4v) is 5.69. The van der Waals surface area contributed by atoms with Crippen LogP contribution in [0, 0.1) is 22.9 Å². The van der Waals surface area contributed by atoms with Gasteiger partial charge in [0, 0.05) is 35.3 Å². The van der Waals surface area contributed by atoms with Gasteiger partial charge in [0.15, 0.2) is 0 Å². The van der Waals surface area contributed by atoms with E-state index in [9.17, 15) is 27.6 Å². The van der Waals surface area contributed by atoms with Crippen molar-refractivity contribution in [3.8, 4) is 0 Å². The van der Waals surface area contributed by atoms with Crippen LogP contribution in [0.5, 0.6) is 0 Å². The zero-order valence-electron chi connectivity index (χ0n) is 23.0. The summed E-state index contributed by atoms with van der Waals surface area (Å²) in [7, 11) is 0. The van der Waals surface area contributed by atoms with E-state index in [-0.39, 0.29) is 29.4 Å². The van der Waals surface area contributed by atoms with Gasteiger partial charge in [-0.05, 0) is 77.6 Å². The zero-order valence-corrected chi connectivity index (χ0v) is 23.0. The van der Waals surface area contributed by atoms with Crippen molar-refractivity contribution in [2.45, 2.75) is 77.1 Å². The number of amides is 3. The number of rotatable bonds is 6. The molecule has 2 saturated heterocycles. The van der Waals surface area contributed by atoms with E-state index in [1.807, 2.05) is 0 Å². The monoisotopic (exact) mass is 560 g/mol. The van der Waals surface area contributed by atoms with Gasteiger partial charge in [-0.3, -0.25) is 9.59 Å². The van der Waals surface area contributed by atoms with Gasteiger partial charge in [-0.2, -0.15) is 0 Å². The summed E-state index contributed by atoms with van der Waals surface area (Å²) in [4.78, 5) is 41.9. The van der Waals surface area contributed by atoms with Crippen molar-refractivity contribution in [3.63, 3.8) is 0 Å². The Kier molecular flexibility index (Phi) is 8.05. The third kappa shape index (κ3) is 6.18. The first-order chi connectivity index (χ1) is 18.7. The standard InChI is InChI=1S/C29H35F3N4O4/c1-16(20-7-5-18(31)14-22(20)32)34-26(38)24(35-25(37)21-13-17(30)6-8-23(21)33)29-11-9-19(10-12-29)36(15-29)27(39)40-28(2,3)4/h5-8,13-14,16,19,24H,9-12,15,33H2,1-4H3,(H,34,38)(H,35,37)/t16-,19?,24?,29?/m0/s1. The number of ether oxygens (including phenoxy) is 1. The second kappa shape index (κ2) is 11.0. The average Bonchev–Trinajstić information content (AvgIpc) is 2.87. The molecule has 5 rings (SSSR count). The molecule has 0 radical (unpaired) electrons. The molecule has 2 bridgehead atoms. The Bertz CT molecular complexity index is 1300. The molecule has 2 atom stereocenters. The molecule has 8 nitrogen and oxygen atoms in total. The normalized spacial score (nSPS) is 21.9. The van der Waals surface area contributed by atoms with Gasteiger partial charge in [-0.1, -0.05) is 6.07 Å². The third-order valence-electron chi connectivity index (χ3n) is 7.70. The number of halogens is 3. The highest BCUT2D eigenvalue weighted by Gasteiger charge is 2.54. The Balaban J connectivity index is 1.66. The molecule has 3 amide bonds. The topological polar surface area (TPSA) is 114 Å². The molecule has 1 saturated carbocycles. The van der Waals surface area contributed by atoms with Gasteiger partial charge in [-0.15, -0.1) is 0 Å². The van der Waals surface area contributed by atoms with Crippen molar-refractivity contribution in [1.82, 2.24) is 15.5 Å². The number of nitrogens with two attached hydrogens (primary N) is 1. The van der Waals surface area contributed by atoms with Crippen LogP contribution >= 0.6 is 0 Å². The van der Waals surface area contributed by atoms with Gasteiger partial charge >= 0.3 is 6.09 Å². The van der Waals surface area contributed by atoms with Crippen molar-refractivity contribution in [3.05, 3.63) is 65.0 Å². The number of anilines is 1. The Morgan fingerprint density at radius 3 is 2.27 bits per heavy atom. The Morgan fingerprint density at radius 1 is 1.02 bits per heavy atom. The van der Waals surface area contributed by atoms with E-state index in [1.54, 1.807) is 32.6 Å². The van der Waals surface area contributed by atoms with Gasteiger partial charge in [0.05, 0.1) is 11.6 Å². The molecule has 3 fully saturated rings. The van der Waals surface area contributed by atoms with E-state index in [1.165, 1.54) is 12.1 Å². The van der Waals surface area contributed by atoms with Crippen molar-refractivity contribution in [1.29, 1.82) is 0 Å². The summed E-state index contributed by atoms with van der Waals surface area (Å²) in [5.41, 5.74) is 4.28. The second-order valence-corrected chi connectivity index (χ2v) is 11.7. The molecule has 2 aliphatic heterocycles. The SMILES string of the molecule is C[C@H](NC(=O)C(NC(=O)c1cc(F)ccc1N)C12CCC(CC1)N(C(=O)OC(C)(C)C)C2)c1ccc(F)cc1F. The number of benzene rings is 2. The van der Waals surface area contributed by atoms with Gasteiger partial charge in [0.2, 0.25) is 5.91 Å². The predicted molar refractivity (Wildman–Crippen MR) is 143 cm³/mol. The van der Waals surface area contributed by atoms with Gasteiger partial charge in [-0.25, -0.2) is 18.0 Å². The molecule has 1 aliphatic carbocycles. The summed E-state index contributed by atoms with van der Waals surface area (Å²) >= 11 is 0. The summed E-state index contributed by atoms with van der Waals surface area (Å²) in [6.45, 7) is 6.97. The van der Waals surface area contributed by atoms with Crippen LogP contribution in [-0.2, 0) is 9.53 Å². The van der Waals surface area contributed by atoms with Crippen LogP contribution in [-0.4, -0.2) is 47.0 Å². The highest BCUT2D eigenvalue weighted by atomic mass is 19.1. The lowest BCUT2D eigenvalue weighted by Crippen LogP contribution is -2.66. The summed E-state index contributed by atoms with van der Waals surface area (Å²) in [5.74, 6) is -3.63. The maximum Gasteiger partial charge on any atom is 0.410 e. The number of nitrogen functional groups attached to an aromatic ring is 1. The first kappa shape index (κ1) is 29.2. The number of carbonyl (C=O) groups excluding carboxylic acids is 3. The minimum Gasteiger partial charge on any atom is -0.444 e. The number of hydrogen-bond acceptors (Lipinski definition) is 5. The molecule has 216 valence electrons. The summed E-state index contributed by atoms with van der Waals surface area (Å²) in [6, 6.07) is 4.30. The fraction of sp³-hybridized carbons (Fsp3) is 0.483. The van der Waals surface area contributed by atoms with E-state index in [0.717, 1.165) is 24.3 Å². The van der Waals surface area contributed by atoms with E-state index in [2.05, 4.69) is 10.6 Å². The van der Waals surface area contributed by atoms with E-state index in [4.69, 9.17) is 10.5 Å². The van der Waals surface area contributed by atoms with E-state index >= 15 is 0 Å². The lowest BCUT2D eigenvalue weighted by Gasteiger charge is -2.55. The maximum absolute atomic E-state index is 14.5. The van der Waals surface area contributed by atoms with Crippen LogP contribution in [0.1, 0.15) is 75.3 Å². The molecular formula is C29H35F3N4O4. The van der Waals surface area contributed by atoms with Crippen LogP contribution < -0.4 is 16.4 Å². The van der Waals surface area contributed by atoms with Crippen LogP contribution in [0.3, 0.4) is 0 Å². The molecule has 2 aromatic rings. The molecule has 2 aromatic carbocycles. The molecule has 11 heteroatoms. The average molecular weight is 561 g/mol. The van der Waals surface area contributed by atoms with E-state index in [0.29, 0.717) is 25.7 Å². The van der Waals surface area contributed by atoms with Crippen LogP contribution in [0.2, 0.25) is 0 Å². The van der Waals surface area contributed by atoms with Crippen molar-refractivity contribution in [2.24, 2.45) is 5.41 Å². The Morgan fingerprint density at radius 2 is 1.65 bits per heavy atom. The molecular weight excluding hydrogens is 525 g/mol. The maximum atomic E-state index is 14.5. The first-order valence-electron chi connectivity index (χ1n) is 13.3. The zero-order chi connectivity index (χ0) is 29.4. The van der Waals surface area contributed by atoms with E-state index < -0.39 is 58.5 Å². The van der Waals surface area contributed by atoms with Crippen molar-refractivity contribution in [2.75, 3.05) is 12.3 Å². The van der Waals surface area contributed by atoms with Crippen LogP contribution in [0.15, 0.2) is 36.4 Å². The molecule has 1 unspecified atom stereocenters. The van der Waals surface area contributed by atoms with Crippen molar-refractivity contribution < 1.29 is 32.3 Å². The van der Waals surface area contributed by atoms with Crippen molar-refractivity contribution >= 4 is 23.6 Å². The number of carbonyl (C=O) groups is 3. The molecule has 3 aliphatic rings. The minimum absolute atomic E-state index is 0.0278. The fourth-order valence-electron chi connectivity index (χ4n) is 5.69. The molecule has 40 heavy (non-hydrogen) atoms. The predicted octanol–water partition coefficient (Wildman–Crippen LogP) is 4.84. The summed E-state index contributed by atoms with van der Waals surface area (Å²) in [6.07, 6.45) is 1.70. The summed E-state index contributed by atoms with van der Waals surface area (Å²) in [5, 5.41) is 5.48. The second-order valence-electron chi connectivity index (χ2n) is 11.7. The number of nitrogens with one attached hydrogen (secondary N) is 2. The number of nitrogens with zero attached hydrogens (tertiary/aromatic N) is 1. The lowest BCUT2D eigenvalue weighted by atomic mass is 9.63. The largest absolute Gasteiger partial charge is 0.444 e. The quantitative estimate of drug-likeness (QED) is 0.438. The summed E-state index contributed by atoms with van der Waals surface area (Å²) < 4.78 is 47.5. The number of hydrogen-bond donors (Lipinski definition) is 3. The number of piperidine rings is 2. The lowest BCUT2D eigenvalue weighted by molar-refractivity contribution is -0.132. The molecule has 4 N–H and O–H groups in total. The molecule has 0 aromatic heterocycles. The van der Waals surface area contributed by atoms with Crippen LogP contribution in [0.25, 0.3) is 0 Å². The first-order valence-corrected chi connectivity index (χ1v) is 13.3. The molecule has 2 heterocycles. The number of fused-ring (bicyclic) bond motifs is 3. The Labute approximate surface area is 231 Å². The minimum atomic E-state index is -1.18. The van der Waals surface area contributed by atoms with Gasteiger partial charge < -0.3 is 26.0 Å². The van der Waals surface area contributed by atoms with Gasteiger partial charge in [0.1, 0.15) is 29.1 Å². The highest BCUT2D eigenvalue weighted by Crippen LogP contribution is 2.47. The third-order valence-corrected chi connectivity index (χ3v) is 7.70.